The van der Waals surface area contributed by atoms with Crippen LogP contribution in [0.1, 0.15) is 62.3 Å². The van der Waals surface area contributed by atoms with Gasteiger partial charge in [-0.3, -0.25) is 9.59 Å². The number of likely N-dealkylation sites (tertiary alicyclic amines) is 1. The highest BCUT2D eigenvalue weighted by atomic mass is 16.2. The molecule has 2 amide bonds. The molecule has 1 spiro atoms. The lowest BCUT2D eigenvalue weighted by Crippen LogP contribution is -2.44. The first kappa shape index (κ1) is 16.3. The Bertz CT molecular complexity index is 717. The molecular weight excluding hydrogens is 330 g/mol. The van der Waals surface area contributed by atoms with Crippen molar-refractivity contribution in [3.05, 3.63) is 11.4 Å². The van der Waals surface area contributed by atoms with Crippen molar-refractivity contribution in [2.24, 2.45) is 17.3 Å². The third-order valence-corrected chi connectivity index (χ3v) is 7.08. The number of nitrogens with one attached hydrogen (secondary N) is 2. The number of amides is 2. The Hall–Kier alpha value is -1.92. The Balaban J connectivity index is 1.10. The van der Waals surface area contributed by atoms with E-state index in [0.29, 0.717) is 17.3 Å². The highest BCUT2D eigenvalue weighted by molar-refractivity contribution is 5.84. The van der Waals surface area contributed by atoms with Gasteiger partial charge in [-0.05, 0) is 62.7 Å². The Morgan fingerprint density at radius 2 is 2.00 bits per heavy atom. The molecule has 2 heterocycles. The van der Waals surface area contributed by atoms with E-state index in [1.807, 2.05) is 4.90 Å². The zero-order valence-electron chi connectivity index (χ0n) is 15.2. The molecule has 3 fully saturated rings. The first-order valence-corrected chi connectivity index (χ1v) is 10.1. The Labute approximate surface area is 153 Å². The number of aromatic amines is 1. The number of fused-ring (bicyclic) bond motifs is 1. The monoisotopic (exact) mass is 357 g/mol. The summed E-state index contributed by atoms with van der Waals surface area (Å²) >= 11 is 0. The van der Waals surface area contributed by atoms with Crippen LogP contribution in [0.3, 0.4) is 0 Å². The van der Waals surface area contributed by atoms with E-state index in [1.54, 1.807) is 0 Å². The van der Waals surface area contributed by atoms with Crippen LogP contribution in [-0.2, 0) is 16.0 Å². The normalized spacial score (nSPS) is 29.3. The van der Waals surface area contributed by atoms with E-state index in [1.165, 1.54) is 12.8 Å². The van der Waals surface area contributed by atoms with Crippen molar-refractivity contribution in [2.75, 3.05) is 19.6 Å². The van der Waals surface area contributed by atoms with E-state index in [4.69, 9.17) is 0 Å². The molecule has 2 unspecified atom stereocenters. The maximum atomic E-state index is 12.9. The van der Waals surface area contributed by atoms with Gasteiger partial charge < -0.3 is 10.2 Å². The summed E-state index contributed by atoms with van der Waals surface area (Å²) in [7, 11) is 0. The average molecular weight is 357 g/mol. The molecule has 0 aromatic carbocycles. The molecule has 2 N–H and O–H groups in total. The average Bonchev–Trinajstić information content (AvgIpc) is 3.56. The molecule has 5 rings (SSSR count). The minimum Gasteiger partial charge on any atom is -0.356 e. The van der Waals surface area contributed by atoms with Crippen LogP contribution < -0.4 is 5.32 Å². The second-order valence-corrected chi connectivity index (χ2v) is 8.73. The smallest absolute Gasteiger partial charge is 0.231 e. The number of rotatable bonds is 4. The van der Waals surface area contributed by atoms with Crippen LogP contribution in [0.25, 0.3) is 0 Å². The van der Waals surface area contributed by atoms with Gasteiger partial charge in [0.15, 0.2) is 0 Å². The van der Waals surface area contributed by atoms with E-state index in [-0.39, 0.29) is 17.7 Å². The van der Waals surface area contributed by atoms with Gasteiger partial charge in [-0.2, -0.15) is 15.4 Å². The van der Waals surface area contributed by atoms with Crippen LogP contribution in [-0.4, -0.2) is 51.8 Å². The van der Waals surface area contributed by atoms with Crippen molar-refractivity contribution in [1.29, 1.82) is 0 Å². The van der Waals surface area contributed by atoms with Crippen molar-refractivity contribution >= 4 is 11.8 Å². The summed E-state index contributed by atoms with van der Waals surface area (Å²) < 4.78 is 0. The largest absolute Gasteiger partial charge is 0.356 e. The number of hydrogen-bond donors (Lipinski definition) is 2. The minimum absolute atomic E-state index is 0.127. The van der Waals surface area contributed by atoms with E-state index in [9.17, 15) is 9.59 Å². The summed E-state index contributed by atoms with van der Waals surface area (Å²) in [5.41, 5.74) is 2.25. The molecule has 140 valence electrons. The summed E-state index contributed by atoms with van der Waals surface area (Å²) in [6.07, 6.45) is 8.34. The summed E-state index contributed by atoms with van der Waals surface area (Å²) in [6.45, 7) is 2.34. The zero-order valence-corrected chi connectivity index (χ0v) is 15.2. The fraction of sp³-hybridized carbons (Fsp3) is 0.789. The van der Waals surface area contributed by atoms with Crippen molar-refractivity contribution in [1.82, 2.24) is 25.6 Å². The van der Waals surface area contributed by atoms with Gasteiger partial charge in [0.25, 0.3) is 0 Å². The molecule has 4 aliphatic rings. The number of aromatic nitrogens is 3. The molecule has 1 aliphatic heterocycles. The minimum atomic E-state index is -0.127. The fourth-order valence-corrected chi connectivity index (χ4v) is 4.95. The van der Waals surface area contributed by atoms with E-state index < -0.39 is 0 Å². The van der Waals surface area contributed by atoms with Crippen LogP contribution in [0, 0.1) is 17.3 Å². The molecule has 0 radical (unpaired) electrons. The fourth-order valence-electron chi connectivity index (χ4n) is 4.95. The highest BCUT2D eigenvalue weighted by Crippen LogP contribution is 2.70. The van der Waals surface area contributed by atoms with Crippen molar-refractivity contribution in [3.8, 4) is 0 Å². The van der Waals surface area contributed by atoms with Crippen LogP contribution in [0.15, 0.2) is 0 Å². The summed E-state index contributed by atoms with van der Waals surface area (Å²) in [4.78, 5) is 27.1. The molecule has 1 aromatic rings. The topological polar surface area (TPSA) is 91.0 Å². The molecule has 26 heavy (non-hydrogen) atoms. The maximum absolute atomic E-state index is 12.9. The van der Waals surface area contributed by atoms with E-state index >= 15 is 0 Å². The maximum Gasteiger partial charge on any atom is 0.231 e. The lowest BCUT2D eigenvalue weighted by Gasteiger charge is -2.34. The van der Waals surface area contributed by atoms with Gasteiger partial charge in [-0.15, -0.1) is 0 Å². The van der Waals surface area contributed by atoms with Gasteiger partial charge in [-0.25, -0.2) is 0 Å². The third kappa shape index (κ3) is 2.81. The number of aryl methyl sites for hydroxylation is 1. The summed E-state index contributed by atoms with van der Waals surface area (Å²) in [6, 6.07) is 0. The molecule has 7 nitrogen and oxygen atoms in total. The molecule has 7 heteroatoms. The van der Waals surface area contributed by atoms with Crippen molar-refractivity contribution in [2.45, 2.75) is 57.3 Å². The van der Waals surface area contributed by atoms with Gasteiger partial charge >= 0.3 is 0 Å². The number of hydrogen-bond acceptors (Lipinski definition) is 4. The molecule has 1 saturated heterocycles. The molecule has 2 saturated carbocycles. The standard InChI is InChI=1S/C19H27N5O2/c25-17(14-10-19(14)6-7-19)20-11-12-4-8-24(9-5-12)18(26)13-2-1-3-15-16(13)22-23-21-15/h12-14H,1-11H2,(H,20,25)(H,21,22,23). The van der Waals surface area contributed by atoms with Crippen LogP contribution in [0.5, 0.6) is 0 Å². The van der Waals surface area contributed by atoms with E-state index in [0.717, 1.165) is 69.5 Å². The quantitative estimate of drug-likeness (QED) is 0.852. The summed E-state index contributed by atoms with van der Waals surface area (Å²) in [5.74, 6) is 1.13. The Kier molecular flexibility index (Phi) is 3.79. The first-order valence-electron chi connectivity index (χ1n) is 10.1. The predicted octanol–water partition coefficient (Wildman–Crippen LogP) is 1.38. The van der Waals surface area contributed by atoms with Gasteiger partial charge in [0, 0.05) is 25.6 Å². The van der Waals surface area contributed by atoms with Crippen molar-refractivity contribution in [3.63, 3.8) is 0 Å². The molecule has 1 aromatic heterocycles. The number of piperidine rings is 1. The Morgan fingerprint density at radius 1 is 1.19 bits per heavy atom. The lowest BCUT2D eigenvalue weighted by molar-refractivity contribution is -0.135. The van der Waals surface area contributed by atoms with Gasteiger partial charge in [0.1, 0.15) is 0 Å². The van der Waals surface area contributed by atoms with Crippen molar-refractivity contribution < 1.29 is 9.59 Å². The number of carbonyl (C=O) groups excluding carboxylic acids is 2. The number of carbonyl (C=O) groups is 2. The molecular formula is C19H27N5O2. The summed E-state index contributed by atoms with van der Waals surface area (Å²) in [5, 5.41) is 14.2. The third-order valence-electron chi connectivity index (χ3n) is 7.08. The number of nitrogens with zero attached hydrogens (tertiary/aromatic N) is 3. The molecule has 3 aliphatic carbocycles. The van der Waals surface area contributed by atoms with Crippen LogP contribution in [0.4, 0.5) is 0 Å². The zero-order chi connectivity index (χ0) is 17.7. The van der Waals surface area contributed by atoms with Gasteiger partial charge in [-0.1, -0.05) is 0 Å². The van der Waals surface area contributed by atoms with E-state index in [2.05, 4.69) is 20.7 Å². The SMILES string of the molecule is O=C(NCC1CCN(C(=O)C2CCCc3n[nH]nc32)CC1)C1CC12CC2. The van der Waals surface area contributed by atoms with Crippen LogP contribution >= 0.6 is 0 Å². The second-order valence-electron chi connectivity index (χ2n) is 8.73. The lowest BCUT2D eigenvalue weighted by atomic mass is 9.87. The van der Waals surface area contributed by atoms with Gasteiger partial charge in [0.05, 0.1) is 17.3 Å². The predicted molar refractivity (Wildman–Crippen MR) is 94.1 cm³/mol. The number of H-pyrrole nitrogens is 1. The highest BCUT2D eigenvalue weighted by Gasteiger charge is 2.65. The second kappa shape index (κ2) is 6.06. The Morgan fingerprint density at radius 3 is 2.73 bits per heavy atom. The molecule has 2 atom stereocenters. The first-order chi connectivity index (χ1) is 12.7. The van der Waals surface area contributed by atoms with Gasteiger partial charge in [0.2, 0.25) is 11.8 Å². The van der Waals surface area contributed by atoms with Crippen LogP contribution in [0.2, 0.25) is 0 Å². The molecule has 0 bridgehead atoms.